The number of hydrogen-bond acceptors (Lipinski definition) is 4. The van der Waals surface area contributed by atoms with Crippen LogP contribution in [0.3, 0.4) is 0 Å². The molecule has 130 valence electrons. The third-order valence-electron chi connectivity index (χ3n) is 3.14. The number of para-hydroxylation sites is 1. The number of anilines is 1. The Hall–Kier alpha value is -3.21. The van der Waals surface area contributed by atoms with Crippen molar-refractivity contribution in [2.75, 3.05) is 5.32 Å². The van der Waals surface area contributed by atoms with E-state index in [1.807, 2.05) is 6.07 Å². The summed E-state index contributed by atoms with van der Waals surface area (Å²) in [5.74, 6) is -0.0130. The van der Waals surface area contributed by atoms with Gasteiger partial charge >= 0.3 is 6.61 Å². The molecular formula is C17H16F2N4O2. The highest BCUT2D eigenvalue weighted by Gasteiger charge is 2.09. The number of ether oxygens (including phenoxy) is 1. The van der Waals surface area contributed by atoms with Crippen molar-refractivity contribution in [2.24, 2.45) is 0 Å². The van der Waals surface area contributed by atoms with E-state index in [-0.39, 0.29) is 12.2 Å². The molecule has 0 atom stereocenters. The molecule has 0 radical (unpaired) electrons. The molecule has 1 amide bonds. The first-order valence-corrected chi connectivity index (χ1v) is 7.44. The van der Waals surface area contributed by atoms with Crippen LogP contribution in [0.25, 0.3) is 6.08 Å². The number of rotatable bonds is 7. The van der Waals surface area contributed by atoms with E-state index in [1.54, 1.807) is 31.2 Å². The van der Waals surface area contributed by atoms with E-state index >= 15 is 0 Å². The second-order valence-electron chi connectivity index (χ2n) is 5.04. The number of aromatic nitrogens is 2. The van der Waals surface area contributed by atoms with E-state index in [1.165, 1.54) is 22.9 Å². The van der Waals surface area contributed by atoms with Crippen molar-refractivity contribution in [3.63, 3.8) is 0 Å². The Labute approximate surface area is 143 Å². The van der Waals surface area contributed by atoms with Crippen LogP contribution in [0.2, 0.25) is 0 Å². The SMILES string of the molecule is Cc1cc(NC(=O)/C=C\c2ccccc2OC(F)F)n(CCC#N)n1. The number of aryl methyl sites for hydroxylation is 2. The van der Waals surface area contributed by atoms with Crippen molar-refractivity contribution in [3.8, 4) is 11.8 Å². The first kappa shape index (κ1) is 18.1. The second kappa shape index (κ2) is 8.59. The molecule has 0 spiro atoms. The van der Waals surface area contributed by atoms with Gasteiger partial charge in [-0.3, -0.25) is 4.79 Å². The molecule has 0 saturated carbocycles. The Morgan fingerprint density at radius 3 is 2.96 bits per heavy atom. The van der Waals surface area contributed by atoms with Gasteiger partial charge in [-0.2, -0.15) is 19.1 Å². The van der Waals surface area contributed by atoms with Crippen LogP contribution in [0.1, 0.15) is 17.7 Å². The third kappa shape index (κ3) is 5.42. The first-order chi connectivity index (χ1) is 12.0. The molecule has 6 nitrogen and oxygen atoms in total. The summed E-state index contributed by atoms with van der Waals surface area (Å²) in [4.78, 5) is 12.1. The molecule has 2 rings (SSSR count). The number of nitrogens with zero attached hydrogens (tertiary/aromatic N) is 3. The summed E-state index contributed by atoms with van der Waals surface area (Å²) in [6.07, 6.45) is 2.86. The molecule has 1 aromatic carbocycles. The van der Waals surface area contributed by atoms with E-state index in [9.17, 15) is 13.6 Å². The zero-order valence-electron chi connectivity index (χ0n) is 13.4. The zero-order chi connectivity index (χ0) is 18.2. The fraction of sp³-hybridized carbons (Fsp3) is 0.235. The quantitative estimate of drug-likeness (QED) is 0.780. The Morgan fingerprint density at radius 1 is 1.48 bits per heavy atom. The fourth-order valence-electron chi connectivity index (χ4n) is 2.13. The minimum absolute atomic E-state index is 0.0172. The smallest absolute Gasteiger partial charge is 0.387 e. The maximum atomic E-state index is 12.4. The van der Waals surface area contributed by atoms with Gasteiger partial charge in [0.2, 0.25) is 5.91 Å². The van der Waals surface area contributed by atoms with E-state index in [0.717, 1.165) is 0 Å². The molecule has 0 fully saturated rings. The molecule has 8 heteroatoms. The van der Waals surface area contributed by atoms with Gasteiger partial charge in [-0.05, 0) is 19.1 Å². The summed E-state index contributed by atoms with van der Waals surface area (Å²) < 4.78 is 30.7. The molecule has 0 bridgehead atoms. The Bertz CT molecular complexity index is 809. The predicted octanol–water partition coefficient (Wildman–Crippen LogP) is 3.36. The van der Waals surface area contributed by atoms with E-state index in [2.05, 4.69) is 15.2 Å². The second-order valence-corrected chi connectivity index (χ2v) is 5.04. The van der Waals surface area contributed by atoms with Crippen molar-refractivity contribution in [1.29, 1.82) is 5.26 Å². The summed E-state index contributed by atoms with van der Waals surface area (Å²) in [6.45, 7) is -0.818. The molecule has 1 aromatic heterocycles. The van der Waals surface area contributed by atoms with Crippen LogP contribution >= 0.6 is 0 Å². The highest BCUT2D eigenvalue weighted by molar-refractivity contribution is 6.01. The number of alkyl halides is 2. The van der Waals surface area contributed by atoms with E-state index < -0.39 is 12.5 Å². The molecule has 2 aromatic rings. The standard InChI is InChI=1S/C17H16F2N4O2/c1-12-11-15(23(22-12)10-4-9-20)21-16(24)8-7-13-5-2-3-6-14(13)25-17(18)19/h2-3,5-8,11,17H,4,10H2,1H3,(H,21,24)/b8-7-. The average molecular weight is 346 g/mol. The number of benzene rings is 1. The van der Waals surface area contributed by atoms with E-state index in [0.29, 0.717) is 23.6 Å². The van der Waals surface area contributed by atoms with Gasteiger partial charge in [0.25, 0.3) is 0 Å². The molecule has 1 heterocycles. The number of hydrogen-bond donors (Lipinski definition) is 1. The van der Waals surface area contributed by atoms with E-state index in [4.69, 9.17) is 5.26 Å². The average Bonchev–Trinajstić information content (AvgIpc) is 2.91. The van der Waals surface area contributed by atoms with Gasteiger partial charge in [0.15, 0.2) is 0 Å². The lowest BCUT2D eigenvalue weighted by atomic mass is 10.2. The van der Waals surface area contributed by atoms with Crippen LogP contribution in [-0.4, -0.2) is 22.3 Å². The van der Waals surface area contributed by atoms with Crippen molar-refractivity contribution in [1.82, 2.24) is 9.78 Å². The minimum Gasteiger partial charge on any atom is -0.434 e. The largest absolute Gasteiger partial charge is 0.434 e. The normalized spacial score (nSPS) is 10.8. The number of nitrogens with one attached hydrogen (secondary N) is 1. The topological polar surface area (TPSA) is 79.9 Å². The molecule has 25 heavy (non-hydrogen) atoms. The van der Waals surface area contributed by atoms with Crippen LogP contribution in [0.4, 0.5) is 14.6 Å². The van der Waals surface area contributed by atoms with Crippen LogP contribution in [0.5, 0.6) is 5.75 Å². The van der Waals surface area contributed by atoms with Crippen LogP contribution in [0, 0.1) is 18.3 Å². The summed E-state index contributed by atoms with van der Waals surface area (Å²) >= 11 is 0. The highest BCUT2D eigenvalue weighted by atomic mass is 19.3. The van der Waals surface area contributed by atoms with Crippen molar-refractivity contribution < 1.29 is 18.3 Å². The molecule has 0 aliphatic heterocycles. The summed E-state index contributed by atoms with van der Waals surface area (Å²) in [5.41, 5.74) is 1.06. The van der Waals surface area contributed by atoms with Crippen LogP contribution < -0.4 is 10.1 Å². The molecule has 0 unspecified atom stereocenters. The number of amides is 1. The Balaban J connectivity index is 2.08. The maximum absolute atomic E-state index is 12.4. The minimum atomic E-state index is -2.94. The number of carbonyl (C=O) groups is 1. The number of carbonyl (C=O) groups excluding carboxylic acids is 1. The van der Waals surface area contributed by atoms with Gasteiger partial charge in [-0.1, -0.05) is 18.2 Å². The van der Waals surface area contributed by atoms with Crippen molar-refractivity contribution >= 4 is 17.8 Å². The molecule has 0 saturated heterocycles. The molecule has 0 aliphatic carbocycles. The van der Waals surface area contributed by atoms with Crippen molar-refractivity contribution in [3.05, 3.63) is 47.7 Å². The third-order valence-corrected chi connectivity index (χ3v) is 3.14. The Kier molecular flexibility index (Phi) is 6.23. The molecule has 1 N–H and O–H groups in total. The van der Waals surface area contributed by atoms with Gasteiger partial charge in [0.1, 0.15) is 11.6 Å². The number of nitriles is 1. The fourth-order valence-corrected chi connectivity index (χ4v) is 2.13. The lowest BCUT2D eigenvalue weighted by Gasteiger charge is -2.07. The highest BCUT2D eigenvalue weighted by Crippen LogP contribution is 2.21. The zero-order valence-corrected chi connectivity index (χ0v) is 13.4. The molecular weight excluding hydrogens is 330 g/mol. The summed E-state index contributed by atoms with van der Waals surface area (Å²) in [7, 11) is 0. The first-order valence-electron chi connectivity index (χ1n) is 7.44. The molecule has 0 aliphatic rings. The van der Waals surface area contributed by atoms with Gasteiger partial charge in [-0.25, -0.2) is 4.68 Å². The van der Waals surface area contributed by atoms with Gasteiger partial charge < -0.3 is 10.1 Å². The van der Waals surface area contributed by atoms with Crippen LogP contribution in [0.15, 0.2) is 36.4 Å². The Morgan fingerprint density at radius 2 is 2.24 bits per heavy atom. The summed E-state index contributed by atoms with van der Waals surface area (Å²) in [6, 6.07) is 9.85. The van der Waals surface area contributed by atoms with Gasteiger partial charge in [0.05, 0.1) is 24.7 Å². The van der Waals surface area contributed by atoms with Gasteiger partial charge in [0, 0.05) is 17.7 Å². The maximum Gasteiger partial charge on any atom is 0.387 e. The predicted molar refractivity (Wildman–Crippen MR) is 87.9 cm³/mol. The lowest BCUT2D eigenvalue weighted by molar-refractivity contribution is -0.111. The van der Waals surface area contributed by atoms with Crippen molar-refractivity contribution in [2.45, 2.75) is 26.5 Å². The van der Waals surface area contributed by atoms with Crippen LogP contribution in [-0.2, 0) is 11.3 Å². The van der Waals surface area contributed by atoms with Gasteiger partial charge in [-0.15, -0.1) is 0 Å². The summed E-state index contributed by atoms with van der Waals surface area (Å²) in [5, 5.41) is 15.5. The lowest BCUT2D eigenvalue weighted by Crippen LogP contribution is -2.13. The monoisotopic (exact) mass is 346 g/mol. The number of halogens is 2.